The Morgan fingerprint density at radius 1 is 0.943 bits per heavy atom. The van der Waals surface area contributed by atoms with Crippen LogP contribution in [-0.2, 0) is 14.3 Å². The molecule has 6 rings (SSSR count). The molecule has 182 valence electrons. The second-order valence-electron chi connectivity index (χ2n) is 10.5. The highest BCUT2D eigenvalue weighted by molar-refractivity contribution is 5.82. The molecule has 2 amide bonds. The zero-order chi connectivity index (χ0) is 24.1. The van der Waals surface area contributed by atoms with Crippen molar-refractivity contribution in [3.05, 3.63) is 59.7 Å². The van der Waals surface area contributed by atoms with Gasteiger partial charge in [-0.3, -0.25) is 9.59 Å². The van der Waals surface area contributed by atoms with Crippen LogP contribution in [0.15, 0.2) is 48.5 Å². The van der Waals surface area contributed by atoms with E-state index in [0.717, 1.165) is 19.3 Å². The number of carbonyl (C=O) groups excluding carboxylic acids is 2. The normalized spacial score (nSPS) is 28.6. The molecule has 4 aliphatic rings. The molecule has 0 aromatic heterocycles. The summed E-state index contributed by atoms with van der Waals surface area (Å²) in [5.74, 6) is -0.760. The summed E-state index contributed by atoms with van der Waals surface area (Å²) in [6.07, 6.45) is 2.70. The van der Waals surface area contributed by atoms with Crippen LogP contribution < -0.4 is 5.32 Å². The topological polar surface area (TPSA) is 95.9 Å². The number of amides is 2. The van der Waals surface area contributed by atoms with E-state index in [9.17, 15) is 19.5 Å². The molecule has 1 aliphatic heterocycles. The average molecular weight is 475 g/mol. The van der Waals surface area contributed by atoms with Crippen LogP contribution in [0, 0.1) is 23.7 Å². The van der Waals surface area contributed by atoms with E-state index in [1.165, 1.54) is 22.3 Å². The largest absolute Gasteiger partial charge is 0.481 e. The van der Waals surface area contributed by atoms with Crippen LogP contribution in [0.3, 0.4) is 0 Å². The SMILES string of the molecule is O=C(N[C@@H]1CCC[C@@H](C(=O)N2C[C@@H]3C(C(=O)O)[C@@H]3C2)C1)OCC1c2ccccc2-c2ccccc21. The minimum Gasteiger partial charge on any atom is -0.481 e. The van der Waals surface area contributed by atoms with Crippen LogP contribution in [-0.4, -0.2) is 53.7 Å². The Balaban J connectivity index is 1.02. The van der Waals surface area contributed by atoms with E-state index in [0.29, 0.717) is 19.5 Å². The Morgan fingerprint density at radius 2 is 1.57 bits per heavy atom. The molecule has 3 aliphatic carbocycles. The molecule has 5 atom stereocenters. The molecule has 7 nitrogen and oxygen atoms in total. The lowest BCUT2D eigenvalue weighted by Gasteiger charge is -2.32. The molecule has 2 N–H and O–H groups in total. The van der Waals surface area contributed by atoms with Gasteiger partial charge in [-0.2, -0.15) is 0 Å². The Labute approximate surface area is 204 Å². The Hall–Kier alpha value is -3.35. The first-order valence-electron chi connectivity index (χ1n) is 12.6. The van der Waals surface area contributed by atoms with E-state index in [2.05, 4.69) is 29.6 Å². The number of hydrogen-bond acceptors (Lipinski definition) is 4. The zero-order valence-electron chi connectivity index (χ0n) is 19.6. The predicted octanol–water partition coefficient (Wildman–Crippen LogP) is 3.87. The number of carbonyl (C=O) groups is 3. The maximum absolute atomic E-state index is 13.0. The maximum atomic E-state index is 13.0. The van der Waals surface area contributed by atoms with Gasteiger partial charge in [0.15, 0.2) is 0 Å². The number of fused-ring (bicyclic) bond motifs is 4. The number of nitrogens with zero attached hydrogens (tertiary/aromatic N) is 1. The number of carboxylic acids is 1. The van der Waals surface area contributed by atoms with E-state index in [-0.39, 0.29) is 48.1 Å². The number of nitrogens with one attached hydrogen (secondary N) is 1. The Bertz CT molecular complexity index is 1120. The van der Waals surface area contributed by atoms with Crippen LogP contribution in [0.4, 0.5) is 4.79 Å². The monoisotopic (exact) mass is 474 g/mol. The van der Waals surface area contributed by atoms with Crippen molar-refractivity contribution in [1.29, 1.82) is 0 Å². The molecule has 0 radical (unpaired) electrons. The van der Waals surface area contributed by atoms with Gasteiger partial charge >= 0.3 is 12.1 Å². The number of hydrogen-bond donors (Lipinski definition) is 2. The second-order valence-corrected chi connectivity index (χ2v) is 10.5. The van der Waals surface area contributed by atoms with E-state index in [1.807, 2.05) is 29.2 Å². The van der Waals surface area contributed by atoms with Crippen LogP contribution >= 0.6 is 0 Å². The van der Waals surface area contributed by atoms with Crippen LogP contribution in [0.2, 0.25) is 0 Å². The summed E-state index contributed by atoms with van der Waals surface area (Å²) in [5, 5.41) is 12.2. The van der Waals surface area contributed by atoms with Crippen molar-refractivity contribution in [2.75, 3.05) is 19.7 Å². The van der Waals surface area contributed by atoms with Crippen molar-refractivity contribution in [3.8, 4) is 11.1 Å². The molecule has 1 saturated heterocycles. The van der Waals surface area contributed by atoms with Crippen molar-refractivity contribution in [2.45, 2.75) is 37.6 Å². The molecule has 1 unspecified atom stereocenters. The number of aliphatic carboxylic acids is 1. The van der Waals surface area contributed by atoms with Gasteiger partial charge in [-0.25, -0.2) is 4.79 Å². The van der Waals surface area contributed by atoms with Gasteiger partial charge in [0.2, 0.25) is 5.91 Å². The van der Waals surface area contributed by atoms with Gasteiger partial charge in [0.05, 0.1) is 5.92 Å². The quantitative estimate of drug-likeness (QED) is 0.686. The molecule has 2 aromatic carbocycles. The van der Waals surface area contributed by atoms with E-state index >= 15 is 0 Å². The molecule has 2 saturated carbocycles. The van der Waals surface area contributed by atoms with Gasteiger partial charge in [-0.05, 0) is 53.4 Å². The van der Waals surface area contributed by atoms with Gasteiger partial charge in [0.1, 0.15) is 6.61 Å². The van der Waals surface area contributed by atoms with Gasteiger partial charge in [0.25, 0.3) is 0 Å². The Kier molecular flexibility index (Phi) is 5.50. The lowest BCUT2D eigenvalue weighted by atomic mass is 9.84. The first-order chi connectivity index (χ1) is 17.0. The van der Waals surface area contributed by atoms with E-state index in [4.69, 9.17) is 4.74 Å². The molecule has 7 heteroatoms. The molecular weight excluding hydrogens is 444 g/mol. The van der Waals surface area contributed by atoms with Crippen molar-refractivity contribution in [2.24, 2.45) is 23.7 Å². The predicted molar refractivity (Wildman–Crippen MR) is 129 cm³/mol. The fourth-order valence-corrected chi connectivity index (χ4v) is 6.68. The molecule has 0 bridgehead atoms. The number of alkyl carbamates (subject to hydrolysis) is 1. The fourth-order valence-electron chi connectivity index (χ4n) is 6.68. The molecular formula is C28H30N2O5. The zero-order valence-corrected chi connectivity index (χ0v) is 19.6. The minimum atomic E-state index is -0.739. The Morgan fingerprint density at radius 3 is 2.20 bits per heavy atom. The summed E-state index contributed by atoms with van der Waals surface area (Å²) in [7, 11) is 0. The number of carboxylic acid groups (broad SMARTS) is 1. The number of benzene rings is 2. The van der Waals surface area contributed by atoms with Crippen LogP contribution in [0.1, 0.15) is 42.7 Å². The van der Waals surface area contributed by atoms with Gasteiger partial charge in [-0.1, -0.05) is 55.0 Å². The van der Waals surface area contributed by atoms with E-state index in [1.54, 1.807) is 0 Å². The lowest BCUT2D eigenvalue weighted by Crippen LogP contribution is -2.44. The standard InChI is InChI=1S/C28H30N2O5/c31-26(30-13-22-23(14-30)25(22)27(32)33)16-6-5-7-17(12-16)29-28(34)35-15-24-20-10-3-1-8-18(20)19-9-2-4-11-21(19)24/h1-4,8-11,16-17,22-25H,5-7,12-15H2,(H,29,34)(H,32,33)/t16-,17-,22-,23+,25?/m1/s1. The van der Waals surface area contributed by atoms with Crippen molar-refractivity contribution >= 4 is 18.0 Å². The molecule has 0 spiro atoms. The second kappa shape index (κ2) is 8.70. The summed E-state index contributed by atoms with van der Waals surface area (Å²) < 4.78 is 5.69. The van der Waals surface area contributed by atoms with Crippen molar-refractivity contribution in [1.82, 2.24) is 10.2 Å². The summed E-state index contributed by atoms with van der Waals surface area (Å²) >= 11 is 0. The summed E-state index contributed by atoms with van der Waals surface area (Å²) in [6, 6.07) is 16.4. The van der Waals surface area contributed by atoms with Crippen molar-refractivity contribution < 1.29 is 24.2 Å². The van der Waals surface area contributed by atoms with Gasteiger partial charge in [0, 0.05) is 31.0 Å². The highest BCUT2D eigenvalue weighted by Crippen LogP contribution is 2.52. The first kappa shape index (κ1) is 22.1. The van der Waals surface area contributed by atoms with Gasteiger partial charge in [-0.15, -0.1) is 0 Å². The fraction of sp³-hybridized carbons (Fsp3) is 0.464. The summed E-state index contributed by atoms with van der Waals surface area (Å²) in [6.45, 7) is 1.39. The third kappa shape index (κ3) is 3.97. The van der Waals surface area contributed by atoms with Crippen LogP contribution in [0.25, 0.3) is 11.1 Å². The number of ether oxygens (including phenoxy) is 1. The van der Waals surface area contributed by atoms with E-state index < -0.39 is 12.1 Å². The number of piperidine rings is 1. The highest BCUT2D eigenvalue weighted by Gasteiger charge is 2.60. The molecule has 1 heterocycles. The summed E-state index contributed by atoms with van der Waals surface area (Å²) in [5.41, 5.74) is 4.75. The third-order valence-electron chi connectivity index (χ3n) is 8.48. The smallest absolute Gasteiger partial charge is 0.407 e. The molecule has 2 aromatic rings. The third-order valence-corrected chi connectivity index (χ3v) is 8.48. The summed E-state index contributed by atoms with van der Waals surface area (Å²) in [4.78, 5) is 38.8. The lowest BCUT2D eigenvalue weighted by molar-refractivity contribution is -0.142. The molecule has 3 fully saturated rings. The van der Waals surface area contributed by atoms with Crippen LogP contribution in [0.5, 0.6) is 0 Å². The maximum Gasteiger partial charge on any atom is 0.407 e. The van der Waals surface area contributed by atoms with Gasteiger partial charge < -0.3 is 20.1 Å². The minimum absolute atomic E-state index is 0.0186. The number of rotatable bonds is 5. The highest BCUT2D eigenvalue weighted by atomic mass is 16.5. The average Bonchev–Trinajstić information content (AvgIpc) is 3.22. The molecule has 35 heavy (non-hydrogen) atoms. The van der Waals surface area contributed by atoms with Crippen molar-refractivity contribution in [3.63, 3.8) is 0 Å². The number of likely N-dealkylation sites (tertiary alicyclic amines) is 1. The first-order valence-corrected chi connectivity index (χ1v) is 12.6.